The molecule has 1 unspecified atom stereocenters. The summed E-state index contributed by atoms with van der Waals surface area (Å²) in [6.45, 7) is 1.97. The van der Waals surface area contributed by atoms with E-state index in [0.29, 0.717) is 12.2 Å². The van der Waals surface area contributed by atoms with Crippen LogP contribution in [0.4, 0.5) is 0 Å². The molecule has 0 aliphatic carbocycles. The maximum atomic E-state index is 10.9. The SMILES string of the molecule is O=C(O)c1cncnc1CNCC1CCCO1. The summed E-state index contributed by atoms with van der Waals surface area (Å²) in [5.74, 6) is -1.00. The molecule has 0 spiro atoms. The number of nitrogens with one attached hydrogen (secondary N) is 1. The molecule has 17 heavy (non-hydrogen) atoms. The largest absolute Gasteiger partial charge is 0.478 e. The van der Waals surface area contributed by atoms with Crippen LogP contribution in [-0.2, 0) is 11.3 Å². The predicted octanol–water partition coefficient (Wildman–Crippen LogP) is 0.443. The molecule has 0 amide bonds. The van der Waals surface area contributed by atoms with Gasteiger partial charge in [-0.1, -0.05) is 0 Å². The molecule has 0 radical (unpaired) electrons. The Morgan fingerprint density at radius 1 is 1.65 bits per heavy atom. The van der Waals surface area contributed by atoms with E-state index in [9.17, 15) is 4.79 Å². The third-order valence-electron chi connectivity index (χ3n) is 2.71. The lowest BCUT2D eigenvalue weighted by molar-refractivity contribution is 0.0694. The molecule has 1 saturated heterocycles. The molecule has 1 aliphatic heterocycles. The molecule has 1 aromatic heterocycles. The first-order valence-corrected chi connectivity index (χ1v) is 5.62. The number of carboxylic acid groups (broad SMARTS) is 1. The first-order valence-electron chi connectivity index (χ1n) is 5.62. The quantitative estimate of drug-likeness (QED) is 0.773. The number of aromatic carboxylic acids is 1. The van der Waals surface area contributed by atoms with E-state index < -0.39 is 5.97 Å². The summed E-state index contributed by atoms with van der Waals surface area (Å²) in [5, 5.41) is 12.1. The second kappa shape index (κ2) is 5.70. The second-order valence-electron chi connectivity index (χ2n) is 3.95. The fraction of sp³-hybridized carbons (Fsp3) is 0.545. The number of nitrogens with zero attached hydrogens (tertiary/aromatic N) is 2. The van der Waals surface area contributed by atoms with E-state index in [2.05, 4.69) is 15.3 Å². The molecule has 0 aromatic carbocycles. The molecule has 92 valence electrons. The van der Waals surface area contributed by atoms with E-state index >= 15 is 0 Å². The molecule has 0 saturated carbocycles. The summed E-state index contributed by atoms with van der Waals surface area (Å²) >= 11 is 0. The second-order valence-corrected chi connectivity index (χ2v) is 3.95. The fourth-order valence-corrected chi connectivity index (χ4v) is 1.83. The van der Waals surface area contributed by atoms with Crippen LogP contribution in [0.25, 0.3) is 0 Å². The van der Waals surface area contributed by atoms with Crippen LogP contribution in [0.15, 0.2) is 12.5 Å². The van der Waals surface area contributed by atoms with Gasteiger partial charge in [-0.15, -0.1) is 0 Å². The zero-order chi connectivity index (χ0) is 12.1. The zero-order valence-corrected chi connectivity index (χ0v) is 9.43. The normalized spacial score (nSPS) is 19.4. The Balaban J connectivity index is 1.87. The Morgan fingerprint density at radius 2 is 2.53 bits per heavy atom. The van der Waals surface area contributed by atoms with Crippen molar-refractivity contribution >= 4 is 5.97 Å². The highest BCUT2D eigenvalue weighted by molar-refractivity contribution is 5.88. The standard InChI is InChI=1S/C11H15N3O3/c15-11(16)9-5-13-7-14-10(9)6-12-4-8-2-1-3-17-8/h5,7-8,12H,1-4,6H2,(H,15,16). The minimum absolute atomic E-state index is 0.146. The third-order valence-corrected chi connectivity index (χ3v) is 2.71. The van der Waals surface area contributed by atoms with E-state index in [4.69, 9.17) is 9.84 Å². The lowest BCUT2D eigenvalue weighted by Gasteiger charge is -2.10. The molecule has 1 aromatic rings. The first-order chi connectivity index (χ1) is 8.27. The van der Waals surface area contributed by atoms with Crippen LogP contribution in [0.2, 0.25) is 0 Å². The van der Waals surface area contributed by atoms with Crippen LogP contribution in [0, 0.1) is 0 Å². The van der Waals surface area contributed by atoms with E-state index in [1.807, 2.05) is 0 Å². The molecule has 6 nitrogen and oxygen atoms in total. The van der Waals surface area contributed by atoms with Gasteiger partial charge in [-0.2, -0.15) is 0 Å². The van der Waals surface area contributed by atoms with Gasteiger partial charge in [0, 0.05) is 25.9 Å². The number of ether oxygens (including phenoxy) is 1. The van der Waals surface area contributed by atoms with Crippen LogP contribution in [0.3, 0.4) is 0 Å². The van der Waals surface area contributed by atoms with Gasteiger partial charge in [-0.3, -0.25) is 0 Å². The van der Waals surface area contributed by atoms with Crippen molar-refractivity contribution in [3.63, 3.8) is 0 Å². The average Bonchev–Trinajstić information content (AvgIpc) is 2.82. The van der Waals surface area contributed by atoms with E-state index in [-0.39, 0.29) is 11.7 Å². The van der Waals surface area contributed by atoms with Gasteiger partial charge in [0.05, 0.1) is 11.8 Å². The van der Waals surface area contributed by atoms with Gasteiger partial charge >= 0.3 is 5.97 Å². The molecular weight excluding hydrogens is 222 g/mol. The number of carbonyl (C=O) groups is 1. The summed E-state index contributed by atoms with van der Waals surface area (Å²) in [5.41, 5.74) is 0.651. The van der Waals surface area contributed by atoms with E-state index in [0.717, 1.165) is 26.0 Å². The topological polar surface area (TPSA) is 84.3 Å². The van der Waals surface area contributed by atoms with Crippen LogP contribution in [0.1, 0.15) is 28.9 Å². The Kier molecular flexibility index (Phi) is 4.00. The highest BCUT2D eigenvalue weighted by Gasteiger charge is 2.16. The summed E-state index contributed by atoms with van der Waals surface area (Å²) < 4.78 is 5.46. The van der Waals surface area contributed by atoms with Gasteiger partial charge in [0.15, 0.2) is 0 Å². The van der Waals surface area contributed by atoms with Crippen molar-refractivity contribution < 1.29 is 14.6 Å². The van der Waals surface area contributed by atoms with Gasteiger partial charge in [0.2, 0.25) is 0 Å². The maximum absolute atomic E-state index is 10.9. The Bertz CT molecular complexity index is 391. The smallest absolute Gasteiger partial charge is 0.339 e. The van der Waals surface area contributed by atoms with Crippen molar-refractivity contribution in [2.75, 3.05) is 13.2 Å². The molecular formula is C11H15N3O3. The minimum Gasteiger partial charge on any atom is -0.478 e. The van der Waals surface area contributed by atoms with Gasteiger partial charge in [0.25, 0.3) is 0 Å². The van der Waals surface area contributed by atoms with Crippen LogP contribution in [0.5, 0.6) is 0 Å². The summed E-state index contributed by atoms with van der Waals surface area (Å²) in [6, 6.07) is 0. The van der Waals surface area contributed by atoms with Gasteiger partial charge in [0.1, 0.15) is 11.9 Å². The van der Waals surface area contributed by atoms with Crippen molar-refractivity contribution in [1.29, 1.82) is 0 Å². The van der Waals surface area contributed by atoms with Crippen LogP contribution >= 0.6 is 0 Å². The molecule has 2 rings (SSSR count). The first kappa shape index (κ1) is 11.9. The van der Waals surface area contributed by atoms with Crippen molar-refractivity contribution in [2.45, 2.75) is 25.5 Å². The molecule has 1 atom stereocenters. The molecule has 0 bridgehead atoms. The molecule has 1 fully saturated rings. The van der Waals surface area contributed by atoms with Crippen molar-refractivity contribution in [2.24, 2.45) is 0 Å². The molecule has 2 heterocycles. The molecule has 6 heteroatoms. The minimum atomic E-state index is -1.00. The summed E-state index contributed by atoms with van der Waals surface area (Å²) in [6.07, 6.45) is 5.07. The van der Waals surface area contributed by atoms with E-state index in [1.165, 1.54) is 12.5 Å². The Hall–Kier alpha value is -1.53. The molecule has 1 aliphatic rings. The van der Waals surface area contributed by atoms with Crippen molar-refractivity contribution in [3.8, 4) is 0 Å². The Labute approximate surface area is 99.0 Å². The van der Waals surface area contributed by atoms with Gasteiger partial charge < -0.3 is 15.2 Å². The summed E-state index contributed by atoms with van der Waals surface area (Å²) in [4.78, 5) is 18.6. The number of carboxylic acids is 1. The fourth-order valence-electron chi connectivity index (χ4n) is 1.83. The third kappa shape index (κ3) is 3.21. The van der Waals surface area contributed by atoms with Gasteiger partial charge in [-0.25, -0.2) is 14.8 Å². The van der Waals surface area contributed by atoms with Crippen LogP contribution < -0.4 is 5.32 Å². The maximum Gasteiger partial charge on any atom is 0.339 e. The number of hydrogen-bond acceptors (Lipinski definition) is 5. The average molecular weight is 237 g/mol. The highest BCUT2D eigenvalue weighted by atomic mass is 16.5. The lowest BCUT2D eigenvalue weighted by Crippen LogP contribution is -2.27. The van der Waals surface area contributed by atoms with Crippen LogP contribution in [-0.4, -0.2) is 40.3 Å². The Morgan fingerprint density at radius 3 is 3.24 bits per heavy atom. The monoisotopic (exact) mass is 237 g/mol. The number of aromatic nitrogens is 2. The number of rotatable bonds is 5. The summed E-state index contributed by atoms with van der Waals surface area (Å²) in [7, 11) is 0. The van der Waals surface area contributed by atoms with Gasteiger partial charge in [-0.05, 0) is 12.8 Å². The van der Waals surface area contributed by atoms with Crippen molar-refractivity contribution in [3.05, 3.63) is 23.8 Å². The van der Waals surface area contributed by atoms with Crippen molar-refractivity contribution in [1.82, 2.24) is 15.3 Å². The number of hydrogen-bond donors (Lipinski definition) is 2. The predicted molar refractivity (Wildman–Crippen MR) is 59.7 cm³/mol. The zero-order valence-electron chi connectivity index (χ0n) is 9.43. The highest BCUT2D eigenvalue weighted by Crippen LogP contribution is 2.11. The molecule has 2 N–H and O–H groups in total. The van der Waals surface area contributed by atoms with E-state index in [1.54, 1.807) is 0 Å². The lowest BCUT2D eigenvalue weighted by atomic mass is 10.2.